The highest BCUT2D eigenvalue weighted by atomic mass is 19.1. The molecule has 0 heterocycles. The van der Waals surface area contributed by atoms with Gasteiger partial charge in [0.05, 0.1) is 6.04 Å². The van der Waals surface area contributed by atoms with Gasteiger partial charge in [-0.2, -0.15) is 0 Å². The molecule has 2 aromatic carbocycles. The molecule has 100 valence electrons. The summed E-state index contributed by atoms with van der Waals surface area (Å²) in [4.78, 5) is 2.12. The van der Waals surface area contributed by atoms with E-state index in [1.807, 2.05) is 7.05 Å². The van der Waals surface area contributed by atoms with Gasteiger partial charge in [-0.1, -0.05) is 29.8 Å². The van der Waals surface area contributed by atoms with Gasteiger partial charge in [0.25, 0.3) is 0 Å². The first-order chi connectivity index (χ1) is 9.11. The molecular formula is C16H19FN2. The van der Waals surface area contributed by atoms with E-state index in [4.69, 9.17) is 5.73 Å². The Hall–Kier alpha value is -1.87. The van der Waals surface area contributed by atoms with Gasteiger partial charge in [-0.3, -0.25) is 0 Å². The lowest BCUT2D eigenvalue weighted by Crippen LogP contribution is -2.30. The smallest absolute Gasteiger partial charge is 0.123 e. The Labute approximate surface area is 113 Å². The van der Waals surface area contributed by atoms with Crippen LogP contribution in [0.3, 0.4) is 0 Å². The predicted molar refractivity (Wildman–Crippen MR) is 77.8 cm³/mol. The van der Waals surface area contributed by atoms with Crippen molar-refractivity contribution < 1.29 is 4.39 Å². The van der Waals surface area contributed by atoms with Gasteiger partial charge in [0, 0.05) is 19.3 Å². The monoisotopic (exact) mass is 258 g/mol. The van der Waals surface area contributed by atoms with Crippen LogP contribution in [-0.4, -0.2) is 13.6 Å². The number of aryl methyl sites for hydroxylation is 1. The molecule has 0 aliphatic rings. The molecule has 2 rings (SSSR count). The lowest BCUT2D eigenvalue weighted by molar-refractivity contribution is 0.622. The summed E-state index contributed by atoms with van der Waals surface area (Å²) in [5, 5.41) is 0. The summed E-state index contributed by atoms with van der Waals surface area (Å²) >= 11 is 0. The number of nitrogens with two attached hydrogens (primary N) is 1. The van der Waals surface area contributed by atoms with Crippen molar-refractivity contribution in [3.63, 3.8) is 0 Å². The molecule has 0 saturated carbocycles. The van der Waals surface area contributed by atoms with Crippen LogP contribution in [0.25, 0.3) is 0 Å². The van der Waals surface area contributed by atoms with Crippen molar-refractivity contribution in [2.45, 2.75) is 13.0 Å². The third-order valence-electron chi connectivity index (χ3n) is 3.39. The molecular weight excluding hydrogens is 239 g/mol. The number of rotatable bonds is 4. The van der Waals surface area contributed by atoms with Gasteiger partial charge in [0.1, 0.15) is 5.82 Å². The minimum atomic E-state index is -0.225. The topological polar surface area (TPSA) is 29.3 Å². The van der Waals surface area contributed by atoms with Crippen molar-refractivity contribution >= 4 is 5.69 Å². The Balaban J connectivity index is 2.26. The van der Waals surface area contributed by atoms with Gasteiger partial charge < -0.3 is 10.6 Å². The van der Waals surface area contributed by atoms with Crippen LogP contribution in [0.15, 0.2) is 48.5 Å². The molecule has 0 aliphatic heterocycles. The van der Waals surface area contributed by atoms with E-state index in [0.717, 1.165) is 11.3 Å². The summed E-state index contributed by atoms with van der Waals surface area (Å²) < 4.78 is 13.0. The first kappa shape index (κ1) is 13.6. The fourth-order valence-electron chi connectivity index (χ4n) is 2.16. The molecule has 0 saturated heterocycles. The molecule has 0 fully saturated rings. The van der Waals surface area contributed by atoms with E-state index in [1.54, 1.807) is 12.1 Å². The van der Waals surface area contributed by atoms with Crippen LogP contribution < -0.4 is 10.6 Å². The Morgan fingerprint density at radius 2 is 1.63 bits per heavy atom. The lowest BCUT2D eigenvalue weighted by Gasteiger charge is -2.29. The van der Waals surface area contributed by atoms with Crippen LogP contribution >= 0.6 is 0 Å². The molecule has 19 heavy (non-hydrogen) atoms. The second kappa shape index (κ2) is 5.85. The number of benzene rings is 2. The van der Waals surface area contributed by atoms with Crippen molar-refractivity contribution in [3.8, 4) is 0 Å². The number of anilines is 1. The maximum absolute atomic E-state index is 13.0. The molecule has 0 radical (unpaired) electrons. The predicted octanol–water partition coefficient (Wildman–Crippen LogP) is 3.27. The molecule has 2 aromatic rings. The third-order valence-corrected chi connectivity index (χ3v) is 3.39. The minimum Gasteiger partial charge on any atom is -0.366 e. The van der Waals surface area contributed by atoms with Crippen LogP contribution in [0.4, 0.5) is 10.1 Å². The maximum Gasteiger partial charge on any atom is 0.123 e. The van der Waals surface area contributed by atoms with Crippen molar-refractivity contribution in [2.75, 3.05) is 18.5 Å². The first-order valence-corrected chi connectivity index (χ1v) is 6.37. The van der Waals surface area contributed by atoms with Crippen molar-refractivity contribution in [1.29, 1.82) is 0 Å². The fourth-order valence-corrected chi connectivity index (χ4v) is 2.16. The molecule has 0 amide bonds. The van der Waals surface area contributed by atoms with Gasteiger partial charge in [0.2, 0.25) is 0 Å². The molecule has 0 bridgehead atoms. The van der Waals surface area contributed by atoms with Crippen molar-refractivity contribution in [3.05, 3.63) is 65.5 Å². The SMILES string of the molecule is Cc1ccc(N(C)C(CN)c2ccc(F)cc2)cc1. The summed E-state index contributed by atoms with van der Waals surface area (Å²) in [5.74, 6) is -0.225. The van der Waals surface area contributed by atoms with Gasteiger partial charge >= 0.3 is 0 Å². The van der Waals surface area contributed by atoms with E-state index in [0.29, 0.717) is 6.54 Å². The van der Waals surface area contributed by atoms with Gasteiger partial charge in [-0.05, 0) is 36.8 Å². The molecule has 1 atom stereocenters. The molecule has 0 spiro atoms. The summed E-state index contributed by atoms with van der Waals surface area (Å²) in [5.41, 5.74) is 9.22. The van der Waals surface area contributed by atoms with E-state index in [-0.39, 0.29) is 11.9 Å². The summed E-state index contributed by atoms with van der Waals surface area (Å²) in [6.45, 7) is 2.54. The average molecular weight is 258 g/mol. The zero-order valence-corrected chi connectivity index (χ0v) is 11.3. The standard InChI is InChI=1S/C16H19FN2/c1-12-3-9-15(10-4-12)19(2)16(11-18)13-5-7-14(17)8-6-13/h3-10,16H,11,18H2,1-2H3. The number of hydrogen-bond donors (Lipinski definition) is 1. The quantitative estimate of drug-likeness (QED) is 0.912. The number of likely N-dealkylation sites (N-methyl/N-ethyl adjacent to an activating group) is 1. The summed E-state index contributed by atoms with van der Waals surface area (Å²) in [6.07, 6.45) is 0. The Kier molecular flexibility index (Phi) is 4.17. The highest BCUT2D eigenvalue weighted by molar-refractivity contribution is 5.49. The Bertz CT molecular complexity index is 519. The van der Waals surface area contributed by atoms with E-state index in [9.17, 15) is 4.39 Å². The second-order valence-electron chi connectivity index (χ2n) is 4.75. The van der Waals surface area contributed by atoms with Gasteiger partial charge in [-0.25, -0.2) is 4.39 Å². The van der Waals surface area contributed by atoms with E-state index in [2.05, 4.69) is 36.1 Å². The zero-order valence-electron chi connectivity index (χ0n) is 11.3. The number of hydrogen-bond acceptors (Lipinski definition) is 2. The van der Waals surface area contributed by atoms with Gasteiger partial charge in [0.15, 0.2) is 0 Å². The molecule has 3 heteroatoms. The summed E-state index contributed by atoms with van der Waals surface area (Å²) in [6, 6.07) is 14.9. The number of halogens is 1. The average Bonchev–Trinajstić information content (AvgIpc) is 2.42. The number of nitrogens with zero attached hydrogens (tertiary/aromatic N) is 1. The first-order valence-electron chi connectivity index (χ1n) is 6.37. The molecule has 2 nitrogen and oxygen atoms in total. The maximum atomic E-state index is 13.0. The largest absolute Gasteiger partial charge is 0.366 e. The molecule has 0 aliphatic carbocycles. The van der Waals surface area contributed by atoms with Crippen LogP contribution in [0.2, 0.25) is 0 Å². The Morgan fingerprint density at radius 3 is 2.16 bits per heavy atom. The highest BCUT2D eigenvalue weighted by Crippen LogP contribution is 2.25. The molecule has 2 N–H and O–H groups in total. The van der Waals surface area contributed by atoms with E-state index in [1.165, 1.54) is 17.7 Å². The zero-order chi connectivity index (χ0) is 13.8. The third kappa shape index (κ3) is 3.12. The fraction of sp³-hybridized carbons (Fsp3) is 0.250. The lowest BCUT2D eigenvalue weighted by atomic mass is 10.0. The van der Waals surface area contributed by atoms with Crippen LogP contribution in [-0.2, 0) is 0 Å². The van der Waals surface area contributed by atoms with Crippen LogP contribution in [0.1, 0.15) is 17.2 Å². The normalized spacial score (nSPS) is 12.2. The van der Waals surface area contributed by atoms with Crippen LogP contribution in [0, 0.1) is 12.7 Å². The molecule has 0 aromatic heterocycles. The second-order valence-corrected chi connectivity index (χ2v) is 4.75. The summed E-state index contributed by atoms with van der Waals surface area (Å²) in [7, 11) is 2.01. The highest BCUT2D eigenvalue weighted by Gasteiger charge is 2.15. The van der Waals surface area contributed by atoms with Crippen molar-refractivity contribution in [1.82, 2.24) is 0 Å². The van der Waals surface area contributed by atoms with E-state index < -0.39 is 0 Å². The van der Waals surface area contributed by atoms with Crippen molar-refractivity contribution in [2.24, 2.45) is 5.73 Å². The molecule has 1 unspecified atom stereocenters. The minimum absolute atomic E-state index is 0.0447. The van der Waals surface area contributed by atoms with E-state index >= 15 is 0 Å². The van der Waals surface area contributed by atoms with Gasteiger partial charge in [-0.15, -0.1) is 0 Å². The Morgan fingerprint density at radius 1 is 1.05 bits per heavy atom. The van der Waals surface area contributed by atoms with Crippen LogP contribution in [0.5, 0.6) is 0 Å².